The van der Waals surface area contributed by atoms with Crippen LogP contribution in [0.25, 0.3) is 0 Å². The predicted octanol–water partition coefficient (Wildman–Crippen LogP) is 3.52. The van der Waals surface area contributed by atoms with Crippen molar-refractivity contribution in [1.29, 1.82) is 0 Å². The lowest BCUT2D eigenvalue weighted by Gasteiger charge is -2.46. The third kappa shape index (κ3) is 2.12. The van der Waals surface area contributed by atoms with Crippen LogP contribution in [0.1, 0.15) is 46.0 Å². The van der Waals surface area contributed by atoms with E-state index in [-0.39, 0.29) is 5.60 Å². The molecule has 4 rings (SSSR count). The number of fused-ring (bicyclic) bond motifs is 1. The highest BCUT2D eigenvalue weighted by molar-refractivity contribution is 5.09. The molecule has 0 aromatic carbocycles. The molecule has 0 aromatic rings. The maximum atomic E-state index is 6.31. The van der Waals surface area contributed by atoms with E-state index in [9.17, 15) is 0 Å². The van der Waals surface area contributed by atoms with Crippen molar-refractivity contribution in [2.75, 3.05) is 6.61 Å². The van der Waals surface area contributed by atoms with Crippen molar-refractivity contribution in [3.05, 3.63) is 12.3 Å². The van der Waals surface area contributed by atoms with Crippen molar-refractivity contribution in [2.45, 2.75) is 57.7 Å². The Morgan fingerprint density at radius 3 is 2.94 bits per heavy atom. The minimum Gasteiger partial charge on any atom is -0.495 e. The number of rotatable bonds is 3. The van der Waals surface area contributed by atoms with Crippen molar-refractivity contribution < 1.29 is 9.47 Å². The van der Waals surface area contributed by atoms with E-state index < -0.39 is 0 Å². The Balaban J connectivity index is 1.79. The number of allylic oxidation sites excluding steroid dienone is 1. The van der Waals surface area contributed by atoms with E-state index in [1.54, 1.807) is 0 Å². The minimum absolute atomic E-state index is 0.111. The zero-order chi connectivity index (χ0) is 12.0. The van der Waals surface area contributed by atoms with Crippen LogP contribution in [0.4, 0.5) is 0 Å². The van der Waals surface area contributed by atoms with Gasteiger partial charge in [0, 0.05) is 18.9 Å². The van der Waals surface area contributed by atoms with Gasteiger partial charge in [0.2, 0.25) is 0 Å². The third-order valence-corrected chi connectivity index (χ3v) is 4.59. The molecular weight excluding hydrogens is 212 g/mol. The van der Waals surface area contributed by atoms with Crippen LogP contribution in [-0.4, -0.2) is 18.3 Å². The molecule has 4 aliphatic rings. The summed E-state index contributed by atoms with van der Waals surface area (Å²) >= 11 is 0. The van der Waals surface area contributed by atoms with Crippen molar-refractivity contribution in [3.8, 4) is 0 Å². The molecule has 0 aromatic heterocycles. The molecule has 2 saturated carbocycles. The quantitative estimate of drug-likeness (QED) is 0.746. The Morgan fingerprint density at radius 1 is 1.35 bits per heavy atom. The smallest absolute Gasteiger partial charge is 0.101 e. The van der Waals surface area contributed by atoms with Crippen LogP contribution >= 0.6 is 0 Å². The monoisotopic (exact) mass is 236 g/mol. The maximum absolute atomic E-state index is 6.31. The van der Waals surface area contributed by atoms with Gasteiger partial charge in [-0.1, -0.05) is 20.4 Å². The topological polar surface area (TPSA) is 18.5 Å². The van der Waals surface area contributed by atoms with Crippen molar-refractivity contribution in [2.24, 2.45) is 17.8 Å². The Bertz CT molecular complexity index is 323. The second-order valence-corrected chi connectivity index (χ2v) is 6.74. The lowest BCUT2D eigenvalue weighted by Crippen LogP contribution is -2.47. The second-order valence-electron chi connectivity index (χ2n) is 6.74. The molecule has 2 aliphatic heterocycles. The van der Waals surface area contributed by atoms with Gasteiger partial charge < -0.3 is 9.47 Å². The number of ether oxygens (including phenoxy) is 2. The second kappa shape index (κ2) is 4.01. The minimum atomic E-state index is 0.111. The average Bonchev–Trinajstić information content (AvgIpc) is 2.40. The van der Waals surface area contributed by atoms with Crippen LogP contribution in [-0.2, 0) is 9.47 Å². The fourth-order valence-corrected chi connectivity index (χ4v) is 4.01. The largest absolute Gasteiger partial charge is 0.495 e. The van der Waals surface area contributed by atoms with Crippen LogP contribution in [0.15, 0.2) is 12.3 Å². The molecule has 4 atom stereocenters. The summed E-state index contributed by atoms with van der Waals surface area (Å²) in [6.07, 6.45) is 6.37. The molecule has 4 fully saturated rings. The lowest BCUT2D eigenvalue weighted by molar-refractivity contribution is -0.131. The van der Waals surface area contributed by atoms with E-state index in [1.165, 1.54) is 19.3 Å². The summed E-state index contributed by atoms with van der Waals surface area (Å²) in [5, 5.41) is 0. The first-order valence-electron chi connectivity index (χ1n) is 7.06. The normalized spacial score (nSPS) is 43.9. The summed E-state index contributed by atoms with van der Waals surface area (Å²) in [5.41, 5.74) is 0.111. The van der Waals surface area contributed by atoms with Gasteiger partial charge in [-0.15, -0.1) is 0 Å². The Morgan fingerprint density at radius 2 is 2.18 bits per heavy atom. The van der Waals surface area contributed by atoms with Crippen LogP contribution in [0.3, 0.4) is 0 Å². The van der Waals surface area contributed by atoms with Crippen LogP contribution in [0.2, 0.25) is 0 Å². The molecule has 0 spiro atoms. The van der Waals surface area contributed by atoms with Gasteiger partial charge in [0.1, 0.15) is 6.10 Å². The average molecular weight is 236 g/mol. The highest BCUT2D eigenvalue weighted by Gasteiger charge is 2.51. The van der Waals surface area contributed by atoms with E-state index in [4.69, 9.17) is 9.47 Å². The van der Waals surface area contributed by atoms with Gasteiger partial charge in [-0.2, -0.15) is 0 Å². The molecule has 4 unspecified atom stereocenters. The first-order chi connectivity index (χ1) is 8.06. The van der Waals surface area contributed by atoms with Crippen LogP contribution in [0, 0.1) is 17.8 Å². The third-order valence-electron chi connectivity index (χ3n) is 4.59. The van der Waals surface area contributed by atoms with Crippen molar-refractivity contribution in [1.82, 2.24) is 0 Å². The number of hydrogen-bond acceptors (Lipinski definition) is 2. The van der Waals surface area contributed by atoms with E-state index >= 15 is 0 Å². The Kier molecular flexibility index (Phi) is 2.73. The molecule has 2 heteroatoms. The molecule has 2 nitrogen and oxygen atoms in total. The fourth-order valence-electron chi connectivity index (χ4n) is 4.01. The molecule has 17 heavy (non-hydrogen) atoms. The van der Waals surface area contributed by atoms with Crippen molar-refractivity contribution >= 4 is 0 Å². The van der Waals surface area contributed by atoms with E-state index in [1.807, 2.05) is 0 Å². The maximum Gasteiger partial charge on any atom is 0.101 e. The van der Waals surface area contributed by atoms with Crippen LogP contribution < -0.4 is 0 Å². The first kappa shape index (κ1) is 11.6. The van der Waals surface area contributed by atoms with Crippen molar-refractivity contribution in [3.63, 3.8) is 0 Å². The predicted molar refractivity (Wildman–Crippen MR) is 67.6 cm³/mol. The molecule has 0 N–H and O–H groups in total. The zero-order valence-electron chi connectivity index (χ0n) is 11.1. The van der Waals surface area contributed by atoms with Gasteiger partial charge in [-0.25, -0.2) is 0 Å². The highest BCUT2D eigenvalue weighted by Crippen LogP contribution is 2.53. The summed E-state index contributed by atoms with van der Waals surface area (Å²) in [7, 11) is 0. The standard InChI is InChI=1S/C15H24O2/c1-10(2)9-16-15-6-12-4-13(7-15)11(3)17-14(5-12)8-15/h10,12-14H,3-9H2,1-2H3. The summed E-state index contributed by atoms with van der Waals surface area (Å²) in [4.78, 5) is 0. The molecule has 96 valence electrons. The molecular formula is C15H24O2. The summed E-state index contributed by atoms with van der Waals surface area (Å²) in [6, 6.07) is 0. The van der Waals surface area contributed by atoms with E-state index in [2.05, 4.69) is 20.4 Å². The van der Waals surface area contributed by atoms with E-state index in [0.29, 0.717) is 17.9 Å². The van der Waals surface area contributed by atoms with Gasteiger partial charge in [0.25, 0.3) is 0 Å². The fraction of sp³-hybridized carbons (Fsp3) is 0.867. The molecule has 2 aliphatic carbocycles. The molecule has 2 saturated heterocycles. The molecule has 2 heterocycles. The van der Waals surface area contributed by atoms with Gasteiger partial charge in [-0.3, -0.25) is 0 Å². The Labute approximate surface area is 104 Å². The summed E-state index contributed by atoms with van der Waals surface area (Å²) in [5.74, 6) is 3.01. The molecule has 0 amide bonds. The summed E-state index contributed by atoms with van der Waals surface area (Å²) < 4.78 is 12.3. The molecule has 4 bridgehead atoms. The first-order valence-corrected chi connectivity index (χ1v) is 7.06. The van der Waals surface area contributed by atoms with Gasteiger partial charge >= 0.3 is 0 Å². The van der Waals surface area contributed by atoms with Crippen LogP contribution in [0.5, 0.6) is 0 Å². The zero-order valence-corrected chi connectivity index (χ0v) is 11.1. The van der Waals surface area contributed by atoms with Gasteiger partial charge in [0.05, 0.1) is 11.4 Å². The van der Waals surface area contributed by atoms with Gasteiger partial charge in [0.15, 0.2) is 0 Å². The number of hydrogen-bond donors (Lipinski definition) is 0. The Hall–Kier alpha value is -0.500. The van der Waals surface area contributed by atoms with Gasteiger partial charge in [-0.05, 0) is 37.5 Å². The highest BCUT2D eigenvalue weighted by atomic mass is 16.5. The molecule has 0 radical (unpaired) electrons. The lowest BCUT2D eigenvalue weighted by atomic mass is 9.65. The SMILES string of the molecule is C=C1OC2CC3CC1CC(OCC(C)C)(C3)C2. The van der Waals surface area contributed by atoms with E-state index in [0.717, 1.165) is 31.1 Å². The summed E-state index contributed by atoms with van der Waals surface area (Å²) in [6.45, 7) is 9.46.